The van der Waals surface area contributed by atoms with E-state index in [1.54, 1.807) is 18.3 Å². The van der Waals surface area contributed by atoms with Crippen molar-refractivity contribution in [3.8, 4) is 0 Å². The molecular weight excluding hydrogens is 318 g/mol. The van der Waals surface area contributed by atoms with Crippen molar-refractivity contribution >= 4 is 29.0 Å². The van der Waals surface area contributed by atoms with Crippen LogP contribution in [0.15, 0.2) is 17.5 Å². The molecule has 0 saturated carbocycles. The molecule has 1 saturated heterocycles. The summed E-state index contributed by atoms with van der Waals surface area (Å²) in [6, 6.07) is 4.21. The first-order valence-electron chi connectivity index (χ1n) is 7.87. The van der Waals surface area contributed by atoms with Gasteiger partial charge in [0, 0.05) is 29.5 Å². The van der Waals surface area contributed by atoms with Crippen molar-refractivity contribution in [2.24, 2.45) is 0 Å². The molecule has 0 bridgehead atoms. The fraction of sp³-hybridized carbons (Fsp3) is 0.688. The van der Waals surface area contributed by atoms with E-state index in [0.717, 1.165) is 31.0 Å². The minimum atomic E-state index is -0.409. The fourth-order valence-electron chi connectivity index (χ4n) is 2.22. The van der Waals surface area contributed by atoms with Gasteiger partial charge >= 0.3 is 0 Å². The zero-order chi connectivity index (χ0) is 15.6. The van der Waals surface area contributed by atoms with Crippen molar-refractivity contribution in [3.63, 3.8) is 0 Å². The van der Waals surface area contributed by atoms with Gasteiger partial charge in [0.1, 0.15) is 6.10 Å². The second-order valence-electron chi connectivity index (χ2n) is 5.39. The zero-order valence-electron chi connectivity index (χ0n) is 13.1. The Morgan fingerprint density at radius 3 is 3.23 bits per heavy atom. The van der Waals surface area contributed by atoms with Crippen LogP contribution in [0, 0.1) is 0 Å². The summed E-state index contributed by atoms with van der Waals surface area (Å²) in [5.41, 5.74) is 0. The van der Waals surface area contributed by atoms with Crippen molar-refractivity contribution in [1.82, 2.24) is 5.32 Å². The van der Waals surface area contributed by atoms with E-state index in [1.807, 2.05) is 11.8 Å². The largest absolute Gasteiger partial charge is 0.376 e. The molecule has 0 aromatic carbocycles. The third kappa shape index (κ3) is 6.69. The van der Waals surface area contributed by atoms with Gasteiger partial charge in [-0.25, -0.2) is 0 Å². The maximum Gasteiger partial charge on any atom is 0.248 e. The van der Waals surface area contributed by atoms with Gasteiger partial charge in [0.15, 0.2) is 0 Å². The number of ether oxygens (including phenoxy) is 2. The van der Waals surface area contributed by atoms with Gasteiger partial charge in [0.2, 0.25) is 5.91 Å². The fourth-order valence-corrected chi connectivity index (χ4v) is 3.92. The number of carbonyl (C=O) groups is 1. The van der Waals surface area contributed by atoms with Crippen LogP contribution in [0.25, 0.3) is 0 Å². The average molecular weight is 344 g/mol. The predicted molar refractivity (Wildman–Crippen MR) is 92.5 cm³/mol. The highest BCUT2D eigenvalue weighted by molar-refractivity contribution is 7.98. The first kappa shape index (κ1) is 17.8. The second kappa shape index (κ2) is 10.3. The van der Waals surface area contributed by atoms with E-state index in [9.17, 15) is 4.79 Å². The van der Waals surface area contributed by atoms with Crippen LogP contribution in [0.4, 0.5) is 0 Å². The lowest BCUT2D eigenvalue weighted by Gasteiger charge is -2.23. The Hall–Kier alpha value is -0.560. The monoisotopic (exact) mass is 343 g/mol. The van der Waals surface area contributed by atoms with Crippen LogP contribution in [0.5, 0.6) is 0 Å². The SMILES string of the molecule is C[C@@H](OC[C@H]1CCCCO1)C(=O)NCCSCc1cccs1. The minimum absolute atomic E-state index is 0.0347. The Kier molecular flexibility index (Phi) is 8.30. The topological polar surface area (TPSA) is 47.6 Å². The van der Waals surface area contributed by atoms with Crippen molar-refractivity contribution in [2.45, 2.75) is 44.1 Å². The molecule has 0 aliphatic carbocycles. The van der Waals surface area contributed by atoms with Gasteiger partial charge in [-0.3, -0.25) is 4.79 Å². The Morgan fingerprint density at radius 2 is 2.50 bits per heavy atom. The van der Waals surface area contributed by atoms with Crippen LogP contribution in [0.3, 0.4) is 0 Å². The summed E-state index contributed by atoms with van der Waals surface area (Å²) in [6.45, 7) is 3.82. The van der Waals surface area contributed by atoms with E-state index in [2.05, 4.69) is 22.8 Å². The van der Waals surface area contributed by atoms with Crippen molar-refractivity contribution in [1.29, 1.82) is 0 Å². The molecule has 1 aliphatic rings. The van der Waals surface area contributed by atoms with Crippen molar-refractivity contribution < 1.29 is 14.3 Å². The van der Waals surface area contributed by atoms with Gasteiger partial charge in [-0.05, 0) is 37.6 Å². The molecular formula is C16H25NO3S2. The summed E-state index contributed by atoms with van der Waals surface area (Å²) in [5.74, 6) is 1.90. The van der Waals surface area contributed by atoms with Crippen LogP contribution in [0.2, 0.25) is 0 Å². The van der Waals surface area contributed by atoms with Crippen molar-refractivity contribution in [2.75, 3.05) is 25.5 Å². The number of thioether (sulfide) groups is 1. The number of rotatable bonds is 9. The molecule has 2 heterocycles. The highest BCUT2D eigenvalue weighted by Crippen LogP contribution is 2.16. The van der Waals surface area contributed by atoms with Crippen LogP contribution < -0.4 is 5.32 Å². The highest BCUT2D eigenvalue weighted by Gasteiger charge is 2.18. The summed E-state index contributed by atoms with van der Waals surface area (Å²) in [7, 11) is 0. The number of hydrogen-bond acceptors (Lipinski definition) is 5. The zero-order valence-corrected chi connectivity index (χ0v) is 14.7. The lowest BCUT2D eigenvalue weighted by Crippen LogP contribution is -2.37. The molecule has 1 aromatic heterocycles. The molecule has 2 rings (SSSR count). The molecule has 2 atom stereocenters. The third-order valence-electron chi connectivity index (χ3n) is 3.55. The van der Waals surface area contributed by atoms with Crippen LogP contribution in [-0.4, -0.2) is 43.6 Å². The van der Waals surface area contributed by atoms with E-state index in [1.165, 1.54) is 11.3 Å². The maximum absolute atomic E-state index is 11.9. The van der Waals surface area contributed by atoms with E-state index in [4.69, 9.17) is 9.47 Å². The van der Waals surface area contributed by atoms with E-state index < -0.39 is 6.10 Å². The molecule has 0 spiro atoms. The first-order chi connectivity index (χ1) is 10.8. The second-order valence-corrected chi connectivity index (χ2v) is 7.52. The normalized spacial score (nSPS) is 19.8. The standard InChI is InChI=1S/C16H25NO3S2/c1-13(20-11-14-5-2-3-8-19-14)16(18)17-7-10-21-12-15-6-4-9-22-15/h4,6,9,13-14H,2-3,5,7-8,10-12H2,1H3,(H,17,18)/t13-,14-/m1/s1. The first-order valence-corrected chi connectivity index (χ1v) is 9.90. The Bertz CT molecular complexity index is 419. The van der Waals surface area contributed by atoms with E-state index in [0.29, 0.717) is 13.2 Å². The number of hydrogen-bond donors (Lipinski definition) is 1. The summed E-state index contributed by atoms with van der Waals surface area (Å²) in [4.78, 5) is 13.3. The molecule has 1 fully saturated rings. The highest BCUT2D eigenvalue weighted by atomic mass is 32.2. The number of nitrogens with one attached hydrogen (secondary N) is 1. The van der Waals surface area contributed by atoms with Crippen LogP contribution in [-0.2, 0) is 20.0 Å². The molecule has 0 radical (unpaired) electrons. The van der Waals surface area contributed by atoms with E-state index >= 15 is 0 Å². The molecule has 1 N–H and O–H groups in total. The molecule has 1 aromatic rings. The smallest absolute Gasteiger partial charge is 0.248 e. The maximum atomic E-state index is 11.9. The Labute approximate surface area is 141 Å². The van der Waals surface area contributed by atoms with Crippen LogP contribution >= 0.6 is 23.1 Å². The number of carbonyl (C=O) groups excluding carboxylic acids is 1. The average Bonchev–Trinajstić information content (AvgIpc) is 3.06. The molecule has 124 valence electrons. The summed E-state index contributed by atoms with van der Waals surface area (Å²) >= 11 is 3.61. The van der Waals surface area contributed by atoms with Gasteiger partial charge in [-0.1, -0.05) is 6.07 Å². The van der Waals surface area contributed by atoms with E-state index in [-0.39, 0.29) is 12.0 Å². The summed E-state index contributed by atoms with van der Waals surface area (Å²) < 4.78 is 11.2. The van der Waals surface area contributed by atoms with Crippen molar-refractivity contribution in [3.05, 3.63) is 22.4 Å². The van der Waals surface area contributed by atoms with Gasteiger partial charge in [0.05, 0.1) is 12.7 Å². The predicted octanol–water partition coefficient (Wildman–Crippen LogP) is 3.07. The Morgan fingerprint density at radius 1 is 1.59 bits per heavy atom. The molecule has 6 heteroatoms. The third-order valence-corrected chi connectivity index (χ3v) is 5.61. The molecule has 0 unspecified atom stereocenters. The lowest BCUT2D eigenvalue weighted by molar-refractivity contribution is -0.135. The lowest BCUT2D eigenvalue weighted by atomic mass is 10.1. The van der Waals surface area contributed by atoms with Gasteiger partial charge in [-0.2, -0.15) is 11.8 Å². The number of thiophene rings is 1. The molecule has 4 nitrogen and oxygen atoms in total. The van der Waals surface area contributed by atoms with Crippen LogP contribution in [0.1, 0.15) is 31.1 Å². The quantitative estimate of drug-likeness (QED) is 0.700. The molecule has 1 amide bonds. The van der Waals surface area contributed by atoms with Gasteiger partial charge in [0.25, 0.3) is 0 Å². The minimum Gasteiger partial charge on any atom is -0.376 e. The number of amides is 1. The van der Waals surface area contributed by atoms with Gasteiger partial charge in [-0.15, -0.1) is 11.3 Å². The summed E-state index contributed by atoms with van der Waals surface area (Å²) in [6.07, 6.45) is 3.11. The molecule has 22 heavy (non-hydrogen) atoms. The summed E-state index contributed by atoms with van der Waals surface area (Å²) in [5, 5.41) is 5.02. The van der Waals surface area contributed by atoms with Gasteiger partial charge < -0.3 is 14.8 Å². The molecule has 1 aliphatic heterocycles. The Balaban J connectivity index is 1.50.